The predicted octanol–water partition coefficient (Wildman–Crippen LogP) is 2.86. The first kappa shape index (κ1) is 24.6. The molecule has 2 aromatic rings. The number of ether oxygens (including phenoxy) is 1. The molecule has 1 atom stereocenters. The summed E-state index contributed by atoms with van der Waals surface area (Å²) in [5.74, 6) is 0.659. The highest BCUT2D eigenvalue weighted by molar-refractivity contribution is 6.30. The highest BCUT2D eigenvalue weighted by Crippen LogP contribution is 2.21. The first-order valence-electron chi connectivity index (χ1n) is 10.7. The lowest BCUT2D eigenvalue weighted by Crippen LogP contribution is -2.32. The number of carbonyl (C=O) groups is 1. The van der Waals surface area contributed by atoms with E-state index in [9.17, 15) is 9.90 Å². The SMILES string of the molecule is C=N/C(=C\N(C)c1nc(NC2CCOCC2)ncc1C)C(=O)N[C@@H](CO)c1cccc(Cl)c1. The molecule has 1 aliphatic heterocycles. The zero-order valence-electron chi connectivity index (χ0n) is 18.8. The molecule has 0 aliphatic carbocycles. The molecule has 3 N–H and O–H groups in total. The van der Waals surface area contributed by atoms with Gasteiger partial charge in [-0.05, 0) is 44.2 Å². The van der Waals surface area contributed by atoms with Crippen LogP contribution in [0, 0.1) is 6.92 Å². The number of nitrogens with zero attached hydrogens (tertiary/aromatic N) is 4. The molecule has 0 saturated carbocycles. The van der Waals surface area contributed by atoms with Gasteiger partial charge in [-0.15, -0.1) is 0 Å². The Balaban J connectivity index is 1.74. The Labute approximate surface area is 198 Å². The first-order chi connectivity index (χ1) is 15.9. The van der Waals surface area contributed by atoms with Crippen LogP contribution in [-0.4, -0.2) is 60.6 Å². The van der Waals surface area contributed by atoms with Crippen molar-refractivity contribution in [2.75, 3.05) is 37.1 Å². The van der Waals surface area contributed by atoms with E-state index in [4.69, 9.17) is 16.3 Å². The van der Waals surface area contributed by atoms with E-state index < -0.39 is 11.9 Å². The van der Waals surface area contributed by atoms with E-state index in [1.807, 2.05) is 6.92 Å². The lowest BCUT2D eigenvalue weighted by molar-refractivity contribution is -0.118. The van der Waals surface area contributed by atoms with Gasteiger partial charge in [0.05, 0.1) is 12.6 Å². The molecule has 33 heavy (non-hydrogen) atoms. The van der Waals surface area contributed by atoms with Gasteiger partial charge >= 0.3 is 0 Å². The van der Waals surface area contributed by atoms with Gasteiger partial charge in [-0.25, -0.2) is 4.98 Å². The number of aliphatic hydroxyl groups is 1. The van der Waals surface area contributed by atoms with Crippen molar-refractivity contribution in [2.24, 2.45) is 4.99 Å². The molecule has 1 aromatic carbocycles. The Morgan fingerprint density at radius 3 is 2.88 bits per heavy atom. The lowest BCUT2D eigenvalue weighted by atomic mass is 10.1. The second-order valence-electron chi connectivity index (χ2n) is 7.78. The second kappa shape index (κ2) is 11.7. The van der Waals surface area contributed by atoms with Crippen LogP contribution in [-0.2, 0) is 9.53 Å². The maximum Gasteiger partial charge on any atom is 0.271 e. The third kappa shape index (κ3) is 6.74. The number of amides is 1. The van der Waals surface area contributed by atoms with E-state index in [1.54, 1.807) is 48.6 Å². The summed E-state index contributed by atoms with van der Waals surface area (Å²) in [5.41, 5.74) is 1.60. The lowest BCUT2D eigenvalue weighted by Gasteiger charge is -2.24. The number of aliphatic hydroxyl groups excluding tert-OH is 1. The highest BCUT2D eigenvalue weighted by atomic mass is 35.5. The quantitative estimate of drug-likeness (QED) is 0.380. The average Bonchev–Trinajstić information content (AvgIpc) is 2.82. The molecule has 0 spiro atoms. The molecule has 0 unspecified atom stereocenters. The molecule has 3 rings (SSSR count). The van der Waals surface area contributed by atoms with Crippen LogP contribution in [0.3, 0.4) is 0 Å². The van der Waals surface area contributed by atoms with E-state index in [-0.39, 0.29) is 18.3 Å². The van der Waals surface area contributed by atoms with Crippen molar-refractivity contribution in [2.45, 2.75) is 31.8 Å². The van der Waals surface area contributed by atoms with Crippen molar-refractivity contribution in [1.82, 2.24) is 15.3 Å². The number of benzene rings is 1. The van der Waals surface area contributed by atoms with Crippen molar-refractivity contribution in [3.05, 3.63) is 58.5 Å². The number of hydrogen-bond acceptors (Lipinski definition) is 8. The van der Waals surface area contributed by atoms with Gasteiger partial charge in [0.25, 0.3) is 5.91 Å². The number of hydrogen-bond donors (Lipinski definition) is 3. The Hall–Kier alpha value is -3.01. The van der Waals surface area contributed by atoms with Gasteiger partial charge < -0.3 is 25.4 Å². The Bertz CT molecular complexity index is 1010. The van der Waals surface area contributed by atoms with Crippen LogP contribution in [0.25, 0.3) is 0 Å². The maximum atomic E-state index is 12.8. The molecule has 1 saturated heterocycles. The second-order valence-corrected chi connectivity index (χ2v) is 8.21. The first-order valence-corrected chi connectivity index (χ1v) is 11.1. The third-order valence-corrected chi connectivity index (χ3v) is 5.53. The van der Waals surface area contributed by atoms with Gasteiger partial charge in [0.1, 0.15) is 11.5 Å². The van der Waals surface area contributed by atoms with Gasteiger partial charge in [-0.2, -0.15) is 4.98 Å². The van der Waals surface area contributed by atoms with Crippen molar-refractivity contribution in [1.29, 1.82) is 0 Å². The fourth-order valence-electron chi connectivity index (χ4n) is 3.49. The van der Waals surface area contributed by atoms with Crippen molar-refractivity contribution < 1.29 is 14.6 Å². The number of aryl methyl sites for hydroxylation is 1. The smallest absolute Gasteiger partial charge is 0.271 e. The number of aromatic nitrogens is 2. The average molecular weight is 473 g/mol. The fourth-order valence-corrected chi connectivity index (χ4v) is 3.69. The molecule has 9 nitrogen and oxygen atoms in total. The zero-order valence-corrected chi connectivity index (χ0v) is 19.5. The third-order valence-electron chi connectivity index (χ3n) is 5.29. The zero-order chi connectivity index (χ0) is 23.8. The van der Waals surface area contributed by atoms with E-state index in [2.05, 4.69) is 32.3 Å². The van der Waals surface area contributed by atoms with E-state index >= 15 is 0 Å². The largest absolute Gasteiger partial charge is 0.394 e. The number of anilines is 2. The summed E-state index contributed by atoms with van der Waals surface area (Å²) in [6, 6.07) is 6.57. The van der Waals surface area contributed by atoms with Gasteiger partial charge in [-0.3, -0.25) is 9.79 Å². The van der Waals surface area contributed by atoms with E-state index in [0.29, 0.717) is 35.6 Å². The molecule has 1 fully saturated rings. The maximum absolute atomic E-state index is 12.8. The topological polar surface area (TPSA) is 112 Å². The minimum absolute atomic E-state index is 0.0786. The minimum Gasteiger partial charge on any atom is -0.394 e. The summed E-state index contributed by atoms with van der Waals surface area (Å²) in [7, 11) is 1.77. The van der Waals surface area contributed by atoms with E-state index in [0.717, 1.165) is 18.4 Å². The van der Waals surface area contributed by atoms with Crippen LogP contribution >= 0.6 is 11.6 Å². The molecular weight excluding hydrogens is 444 g/mol. The summed E-state index contributed by atoms with van der Waals surface area (Å²) >= 11 is 6.03. The minimum atomic E-state index is -0.636. The molecular formula is C23H29ClN6O3. The number of carbonyl (C=O) groups excluding carboxylic acids is 1. The molecule has 10 heteroatoms. The van der Waals surface area contributed by atoms with Crippen LogP contribution in [0.2, 0.25) is 5.02 Å². The van der Waals surface area contributed by atoms with Crippen molar-refractivity contribution in [3.8, 4) is 0 Å². The predicted molar refractivity (Wildman–Crippen MR) is 130 cm³/mol. The van der Waals surface area contributed by atoms with Crippen LogP contribution in [0.1, 0.15) is 30.0 Å². The van der Waals surface area contributed by atoms with Crippen LogP contribution in [0.5, 0.6) is 0 Å². The molecule has 1 amide bonds. The van der Waals surface area contributed by atoms with Crippen molar-refractivity contribution in [3.63, 3.8) is 0 Å². The molecule has 1 aromatic heterocycles. The Kier molecular flexibility index (Phi) is 8.76. The monoisotopic (exact) mass is 472 g/mol. The summed E-state index contributed by atoms with van der Waals surface area (Å²) in [4.78, 5) is 27.4. The fraction of sp³-hybridized carbons (Fsp3) is 0.391. The Morgan fingerprint density at radius 2 is 2.21 bits per heavy atom. The molecule has 1 aliphatic rings. The normalized spacial score (nSPS) is 15.6. The number of nitrogens with one attached hydrogen (secondary N) is 2. The van der Waals surface area contributed by atoms with Crippen LogP contribution in [0.4, 0.5) is 11.8 Å². The van der Waals surface area contributed by atoms with Gasteiger partial charge in [0.15, 0.2) is 0 Å². The standard InChI is InChI=1S/C23H29ClN6O3/c1-15-12-26-23(27-18-7-9-33-10-8-18)29-21(15)30(3)13-19(25-2)22(32)28-20(14-31)16-5-4-6-17(24)11-16/h4-6,11-13,18,20,31H,2,7-10,14H2,1,3H3,(H,28,32)(H,26,27,29)/b19-13-/t20-/m0/s1. The van der Waals surface area contributed by atoms with Crippen LogP contribution in [0.15, 0.2) is 47.4 Å². The summed E-state index contributed by atoms with van der Waals surface area (Å²) in [6.45, 7) is 6.55. The van der Waals surface area contributed by atoms with Gasteiger partial charge in [0.2, 0.25) is 5.95 Å². The van der Waals surface area contributed by atoms with Gasteiger partial charge in [0, 0.05) is 49.3 Å². The van der Waals surface area contributed by atoms with E-state index in [1.165, 1.54) is 0 Å². The molecule has 0 radical (unpaired) electrons. The molecule has 2 heterocycles. The Morgan fingerprint density at radius 1 is 1.45 bits per heavy atom. The molecule has 0 bridgehead atoms. The van der Waals surface area contributed by atoms with Gasteiger partial charge in [-0.1, -0.05) is 23.7 Å². The highest BCUT2D eigenvalue weighted by Gasteiger charge is 2.19. The van der Waals surface area contributed by atoms with Crippen LogP contribution < -0.4 is 15.5 Å². The summed E-state index contributed by atoms with van der Waals surface area (Å²) < 4.78 is 5.39. The summed E-state index contributed by atoms with van der Waals surface area (Å²) in [6.07, 6.45) is 5.07. The van der Waals surface area contributed by atoms with Crippen molar-refractivity contribution >= 4 is 36.0 Å². The number of halogens is 1. The molecule has 176 valence electrons. The number of rotatable bonds is 9. The number of aliphatic imine (C=N–C) groups is 1. The summed E-state index contributed by atoms with van der Waals surface area (Å²) in [5, 5.41) is 16.4.